The molecule has 0 N–H and O–H groups in total. The third kappa shape index (κ3) is 1.77. The van der Waals surface area contributed by atoms with Crippen LogP contribution in [0.5, 0.6) is 0 Å². The first-order valence-corrected chi connectivity index (χ1v) is 6.77. The largest absolute Gasteiger partial charge is 0.344 e. The zero-order valence-electron chi connectivity index (χ0n) is 10.4. The molecule has 2 heteroatoms. The van der Waals surface area contributed by atoms with Gasteiger partial charge >= 0.3 is 0 Å². The lowest BCUT2D eigenvalue weighted by Crippen LogP contribution is -1.92. The molecular formula is C16H14BrN. The first-order valence-electron chi connectivity index (χ1n) is 5.98. The topological polar surface area (TPSA) is 4.93 Å². The molecule has 0 spiro atoms. The maximum absolute atomic E-state index is 3.52. The number of benzene rings is 2. The Morgan fingerprint density at radius 3 is 2.50 bits per heavy atom. The van der Waals surface area contributed by atoms with E-state index < -0.39 is 0 Å². The van der Waals surface area contributed by atoms with E-state index in [-0.39, 0.29) is 0 Å². The van der Waals surface area contributed by atoms with Gasteiger partial charge < -0.3 is 4.57 Å². The fourth-order valence-electron chi connectivity index (χ4n) is 2.46. The Kier molecular flexibility index (Phi) is 2.75. The molecule has 0 unspecified atom stereocenters. The normalized spacial score (nSPS) is 11.1. The number of para-hydroxylation sites is 1. The summed E-state index contributed by atoms with van der Waals surface area (Å²) in [6.45, 7) is 2.15. The Morgan fingerprint density at radius 1 is 1.00 bits per heavy atom. The van der Waals surface area contributed by atoms with Crippen LogP contribution in [0.15, 0.2) is 53.0 Å². The minimum absolute atomic E-state index is 1.13. The molecule has 3 aromatic rings. The molecule has 90 valence electrons. The Hall–Kier alpha value is -1.54. The van der Waals surface area contributed by atoms with E-state index in [2.05, 4.69) is 83.0 Å². The number of aryl methyl sites for hydroxylation is 2. The second-order valence-electron chi connectivity index (χ2n) is 4.61. The molecule has 0 fully saturated rings. The summed E-state index contributed by atoms with van der Waals surface area (Å²) in [7, 11) is 2.12. The van der Waals surface area contributed by atoms with Crippen LogP contribution in [0, 0.1) is 6.92 Å². The Bertz CT molecular complexity index is 725. The van der Waals surface area contributed by atoms with Gasteiger partial charge in [-0.25, -0.2) is 0 Å². The zero-order chi connectivity index (χ0) is 12.7. The van der Waals surface area contributed by atoms with Crippen molar-refractivity contribution in [3.63, 3.8) is 0 Å². The predicted molar refractivity (Wildman–Crippen MR) is 80.8 cm³/mol. The lowest BCUT2D eigenvalue weighted by molar-refractivity contribution is 0.976. The van der Waals surface area contributed by atoms with Crippen LogP contribution in [0.3, 0.4) is 0 Å². The number of hydrogen-bond acceptors (Lipinski definition) is 0. The molecule has 1 aromatic heterocycles. The van der Waals surface area contributed by atoms with E-state index >= 15 is 0 Å². The lowest BCUT2D eigenvalue weighted by Gasteiger charge is -2.08. The molecule has 0 atom stereocenters. The second-order valence-corrected chi connectivity index (χ2v) is 5.52. The second kappa shape index (κ2) is 4.29. The van der Waals surface area contributed by atoms with Crippen molar-refractivity contribution in [2.45, 2.75) is 6.92 Å². The van der Waals surface area contributed by atoms with E-state index in [9.17, 15) is 0 Å². The van der Waals surface area contributed by atoms with Crippen LogP contribution < -0.4 is 0 Å². The van der Waals surface area contributed by atoms with Crippen LogP contribution >= 0.6 is 15.9 Å². The predicted octanol–water partition coefficient (Wildman–Crippen LogP) is 4.92. The van der Waals surface area contributed by atoms with E-state index in [4.69, 9.17) is 0 Å². The number of rotatable bonds is 1. The number of aromatic nitrogens is 1. The van der Waals surface area contributed by atoms with Gasteiger partial charge in [0.1, 0.15) is 0 Å². The van der Waals surface area contributed by atoms with Crippen molar-refractivity contribution in [3.8, 4) is 11.3 Å². The fourth-order valence-corrected chi connectivity index (χ4v) is 2.94. The van der Waals surface area contributed by atoms with E-state index in [1.165, 1.54) is 27.7 Å². The molecule has 0 saturated heterocycles. The maximum Gasteiger partial charge on any atom is 0.0491 e. The Morgan fingerprint density at radius 2 is 1.78 bits per heavy atom. The van der Waals surface area contributed by atoms with Gasteiger partial charge in [0.2, 0.25) is 0 Å². The molecule has 1 heterocycles. The summed E-state index contributed by atoms with van der Waals surface area (Å²) in [6.07, 6.45) is 0. The number of halogens is 1. The highest BCUT2D eigenvalue weighted by Gasteiger charge is 2.09. The summed E-state index contributed by atoms with van der Waals surface area (Å²) in [5.74, 6) is 0. The first-order chi connectivity index (χ1) is 8.66. The van der Waals surface area contributed by atoms with Crippen LogP contribution in [0.25, 0.3) is 22.2 Å². The van der Waals surface area contributed by atoms with Crippen molar-refractivity contribution in [1.29, 1.82) is 0 Å². The molecule has 0 radical (unpaired) electrons. The molecule has 0 saturated carbocycles. The summed E-state index contributed by atoms with van der Waals surface area (Å²) in [6, 6.07) is 17.2. The summed E-state index contributed by atoms with van der Waals surface area (Å²) in [4.78, 5) is 0. The Balaban J connectivity index is 2.28. The van der Waals surface area contributed by atoms with Crippen LogP contribution in [0.2, 0.25) is 0 Å². The number of nitrogens with zero attached hydrogens (tertiary/aromatic N) is 1. The molecule has 0 aliphatic heterocycles. The van der Waals surface area contributed by atoms with Gasteiger partial charge in [0.25, 0.3) is 0 Å². The van der Waals surface area contributed by atoms with Crippen molar-refractivity contribution < 1.29 is 0 Å². The molecule has 18 heavy (non-hydrogen) atoms. The van der Waals surface area contributed by atoms with Gasteiger partial charge in [-0.15, -0.1) is 0 Å². The van der Waals surface area contributed by atoms with Crippen molar-refractivity contribution in [2.24, 2.45) is 7.05 Å². The molecule has 2 aromatic carbocycles. The molecule has 0 amide bonds. The highest BCUT2D eigenvalue weighted by molar-refractivity contribution is 9.10. The van der Waals surface area contributed by atoms with Crippen LogP contribution in [0.1, 0.15) is 5.56 Å². The van der Waals surface area contributed by atoms with Crippen LogP contribution in [-0.4, -0.2) is 4.57 Å². The highest BCUT2D eigenvalue weighted by atomic mass is 79.9. The van der Waals surface area contributed by atoms with Gasteiger partial charge in [-0.2, -0.15) is 0 Å². The van der Waals surface area contributed by atoms with Gasteiger partial charge in [-0.05, 0) is 36.8 Å². The van der Waals surface area contributed by atoms with Gasteiger partial charge in [-0.3, -0.25) is 0 Å². The fraction of sp³-hybridized carbons (Fsp3) is 0.125. The van der Waals surface area contributed by atoms with Gasteiger partial charge in [0.05, 0.1) is 0 Å². The van der Waals surface area contributed by atoms with Crippen LogP contribution in [-0.2, 0) is 7.05 Å². The zero-order valence-corrected chi connectivity index (χ0v) is 12.0. The average molecular weight is 300 g/mol. The average Bonchev–Trinajstić information content (AvgIpc) is 2.68. The minimum atomic E-state index is 1.13. The van der Waals surface area contributed by atoms with Gasteiger partial charge in [0.15, 0.2) is 0 Å². The molecule has 3 rings (SSSR count). The molecule has 0 aliphatic carbocycles. The minimum Gasteiger partial charge on any atom is -0.344 e. The SMILES string of the molecule is Cc1cc(Br)ccc1-c1cc2ccccc2n1C. The number of hydrogen-bond donors (Lipinski definition) is 0. The standard InChI is InChI=1S/C16H14BrN/c1-11-9-13(17)7-8-14(11)16-10-12-5-3-4-6-15(12)18(16)2/h3-10H,1-2H3. The van der Waals surface area contributed by atoms with E-state index in [1.807, 2.05) is 0 Å². The van der Waals surface area contributed by atoms with Crippen molar-refractivity contribution in [3.05, 3.63) is 58.6 Å². The van der Waals surface area contributed by atoms with Gasteiger partial charge in [0, 0.05) is 33.7 Å². The lowest BCUT2D eigenvalue weighted by atomic mass is 10.1. The summed E-state index contributed by atoms with van der Waals surface area (Å²) < 4.78 is 3.38. The molecule has 1 nitrogen and oxygen atoms in total. The smallest absolute Gasteiger partial charge is 0.0491 e. The van der Waals surface area contributed by atoms with Crippen LogP contribution in [0.4, 0.5) is 0 Å². The monoisotopic (exact) mass is 299 g/mol. The summed E-state index contributed by atoms with van der Waals surface area (Å²) >= 11 is 3.52. The molecule has 0 aliphatic rings. The van der Waals surface area contributed by atoms with Crippen molar-refractivity contribution in [2.75, 3.05) is 0 Å². The van der Waals surface area contributed by atoms with Crippen molar-refractivity contribution >= 4 is 26.8 Å². The highest BCUT2D eigenvalue weighted by Crippen LogP contribution is 2.30. The third-order valence-corrected chi connectivity index (χ3v) is 3.91. The van der Waals surface area contributed by atoms with Crippen molar-refractivity contribution in [1.82, 2.24) is 4.57 Å². The van der Waals surface area contributed by atoms with Gasteiger partial charge in [-0.1, -0.05) is 40.2 Å². The Labute approximate surface area is 115 Å². The molecular weight excluding hydrogens is 286 g/mol. The third-order valence-electron chi connectivity index (χ3n) is 3.42. The quantitative estimate of drug-likeness (QED) is 0.601. The molecule has 0 bridgehead atoms. The van der Waals surface area contributed by atoms with E-state index in [0.29, 0.717) is 0 Å². The van der Waals surface area contributed by atoms with E-state index in [0.717, 1.165) is 4.47 Å². The summed E-state index contributed by atoms with van der Waals surface area (Å²) in [5.41, 5.74) is 5.11. The number of fused-ring (bicyclic) bond motifs is 1. The summed E-state index contributed by atoms with van der Waals surface area (Å²) in [5, 5.41) is 1.29. The maximum atomic E-state index is 3.52. The van der Waals surface area contributed by atoms with E-state index in [1.54, 1.807) is 0 Å². The first kappa shape index (κ1) is 11.5.